The fourth-order valence-corrected chi connectivity index (χ4v) is 0.756. The maximum Gasteiger partial charge on any atom is 0.200 e. The molecule has 0 radical (unpaired) electrons. The van der Waals surface area contributed by atoms with Gasteiger partial charge in [0.15, 0.2) is 17.6 Å². The molecule has 0 amide bonds. The molecule has 0 unspecified atom stereocenters. The van der Waals surface area contributed by atoms with Crippen LogP contribution in [0.1, 0.15) is 5.82 Å². The van der Waals surface area contributed by atoms with Crippen LogP contribution in [0, 0.1) is 0 Å². The van der Waals surface area contributed by atoms with Crippen molar-refractivity contribution in [1.29, 1.82) is 0 Å². The van der Waals surface area contributed by atoms with Crippen LogP contribution in [0.5, 0.6) is 0 Å². The highest BCUT2D eigenvalue weighted by Crippen LogP contribution is 2.05. The summed E-state index contributed by atoms with van der Waals surface area (Å²) in [6.07, 6.45) is 0. The third-order valence-electron chi connectivity index (χ3n) is 0.603. The van der Waals surface area contributed by atoms with Crippen LogP contribution in [-0.2, 0) is 6.67 Å². The fraction of sp³-hybridized carbons (Fsp3) is 0.333. The van der Waals surface area contributed by atoms with E-state index in [1.54, 1.807) is 0 Å². The first-order valence-corrected chi connectivity index (χ1v) is 2.74. The monoisotopic (exact) mass is 133 g/mol. The largest absolute Gasteiger partial charge is 0.374 e. The molecule has 1 rings (SSSR count). The normalized spacial score (nSPS) is 9.62. The van der Waals surface area contributed by atoms with Crippen molar-refractivity contribution in [2.45, 2.75) is 6.67 Å². The van der Waals surface area contributed by atoms with E-state index in [1.807, 2.05) is 0 Å². The second-order valence-corrected chi connectivity index (χ2v) is 1.97. The first-order valence-electron chi connectivity index (χ1n) is 1.97. The third-order valence-corrected chi connectivity index (χ3v) is 1.18. The molecule has 0 aliphatic heterocycles. The number of alkyl halides is 1. The van der Waals surface area contributed by atoms with Gasteiger partial charge in [0.2, 0.25) is 0 Å². The second kappa shape index (κ2) is 2.04. The highest BCUT2D eigenvalue weighted by Gasteiger charge is 1.96. The Kier molecular flexibility index (Phi) is 1.38. The van der Waals surface area contributed by atoms with E-state index in [0.29, 0.717) is 5.13 Å². The number of aromatic nitrogens is 2. The van der Waals surface area contributed by atoms with Gasteiger partial charge in [-0.15, -0.1) is 0 Å². The van der Waals surface area contributed by atoms with Gasteiger partial charge in [0.05, 0.1) is 0 Å². The molecular weight excluding hydrogens is 129 g/mol. The lowest BCUT2D eigenvalue weighted by Crippen LogP contribution is -1.83. The summed E-state index contributed by atoms with van der Waals surface area (Å²) >= 11 is 1.01. The first-order chi connectivity index (χ1) is 3.83. The molecule has 0 spiro atoms. The summed E-state index contributed by atoms with van der Waals surface area (Å²) in [6.45, 7) is -0.631. The molecule has 3 nitrogen and oxygen atoms in total. The summed E-state index contributed by atoms with van der Waals surface area (Å²) in [5, 5.41) is 0.317. The van der Waals surface area contributed by atoms with E-state index in [1.165, 1.54) is 0 Å². The van der Waals surface area contributed by atoms with Crippen molar-refractivity contribution in [1.82, 2.24) is 9.36 Å². The Morgan fingerprint density at radius 2 is 2.50 bits per heavy atom. The lowest BCUT2D eigenvalue weighted by atomic mass is 10.7. The van der Waals surface area contributed by atoms with Gasteiger partial charge in [0.25, 0.3) is 0 Å². The number of halogens is 1. The summed E-state index contributed by atoms with van der Waals surface area (Å²) in [5.41, 5.74) is 5.13. The molecule has 8 heavy (non-hydrogen) atoms. The number of nitrogens with zero attached hydrogens (tertiary/aromatic N) is 2. The fourth-order valence-electron chi connectivity index (χ4n) is 0.322. The lowest BCUT2D eigenvalue weighted by Gasteiger charge is -1.74. The lowest BCUT2D eigenvalue weighted by molar-refractivity contribution is 0.469. The molecule has 0 aromatic carbocycles. The van der Waals surface area contributed by atoms with Crippen molar-refractivity contribution < 1.29 is 4.39 Å². The number of hydrogen-bond acceptors (Lipinski definition) is 4. The van der Waals surface area contributed by atoms with Crippen LogP contribution >= 0.6 is 11.5 Å². The van der Waals surface area contributed by atoms with Gasteiger partial charge < -0.3 is 5.73 Å². The molecule has 2 N–H and O–H groups in total. The summed E-state index contributed by atoms with van der Waals surface area (Å²) < 4.78 is 15.1. The van der Waals surface area contributed by atoms with E-state index in [2.05, 4.69) is 9.36 Å². The molecular formula is C3H4FN3S. The second-order valence-electron chi connectivity index (χ2n) is 1.18. The zero-order chi connectivity index (χ0) is 5.98. The number of nitrogens with two attached hydrogens (primary N) is 1. The Morgan fingerprint density at radius 3 is 2.75 bits per heavy atom. The van der Waals surface area contributed by atoms with Crippen LogP contribution in [0.15, 0.2) is 0 Å². The Labute approximate surface area is 49.5 Å². The van der Waals surface area contributed by atoms with Gasteiger partial charge in [-0.2, -0.15) is 4.37 Å². The minimum Gasteiger partial charge on any atom is -0.374 e. The summed E-state index contributed by atoms with van der Waals surface area (Å²) in [6, 6.07) is 0. The van der Waals surface area contributed by atoms with Gasteiger partial charge in [-0.05, 0) is 0 Å². The predicted octanol–water partition coefficient (Wildman–Crippen LogP) is 0.590. The van der Waals surface area contributed by atoms with Gasteiger partial charge >= 0.3 is 0 Å². The quantitative estimate of drug-likeness (QED) is 0.610. The molecule has 1 aromatic heterocycles. The van der Waals surface area contributed by atoms with Gasteiger partial charge in [-0.3, -0.25) is 0 Å². The average molecular weight is 133 g/mol. The Balaban J connectivity index is 2.84. The van der Waals surface area contributed by atoms with Crippen molar-refractivity contribution in [2.24, 2.45) is 0 Å². The maximum atomic E-state index is 11.6. The summed E-state index contributed by atoms with van der Waals surface area (Å²) in [5.74, 6) is 0.174. The van der Waals surface area contributed by atoms with Crippen LogP contribution in [0.2, 0.25) is 0 Å². The van der Waals surface area contributed by atoms with E-state index in [4.69, 9.17) is 5.73 Å². The van der Waals surface area contributed by atoms with E-state index in [9.17, 15) is 4.39 Å². The molecule has 0 saturated carbocycles. The molecule has 0 bridgehead atoms. The Morgan fingerprint density at radius 1 is 1.75 bits per heavy atom. The molecule has 1 aromatic rings. The van der Waals surface area contributed by atoms with Crippen LogP contribution in [0.3, 0.4) is 0 Å². The van der Waals surface area contributed by atoms with Crippen LogP contribution in [0.25, 0.3) is 0 Å². The number of rotatable bonds is 1. The SMILES string of the molecule is Nc1nc(CF)ns1. The van der Waals surface area contributed by atoms with E-state index >= 15 is 0 Å². The van der Waals surface area contributed by atoms with Crippen LogP contribution in [0.4, 0.5) is 9.52 Å². The molecule has 0 aliphatic rings. The molecule has 1 heterocycles. The summed E-state index contributed by atoms with van der Waals surface area (Å²) in [4.78, 5) is 3.54. The Hall–Kier alpha value is -0.710. The molecule has 5 heteroatoms. The minimum atomic E-state index is -0.631. The van der Waals surface area contributed by atoms with Crippen molar-refractivity contribution in [2.75, 3.05) is 5.73 Å². The highest BCUT2D eigenvalue weighted by molar-refractivity contribution is 7.09. The number of hydrogen-bond donors (Lipinski definition) is 1. The van der Waals surface area contributed by atoms with Gasteiger partial charge in [0, 0.05) is 11.5 Å². The minimum absolute atomic E-state index is 0.174. The topological polar surface area (TPSA) is 51.8 Å². The number of nitrogen functional groups attached to an aromatic ring is 1. The molecule has 0 fully saturated rings. The third kappa shape index (κ3) is 0.919. The van der Waals surface area contributed by atoms with Crippen molar-refractivity contribution >= 4 is 16.7 Å². The summed E-state index contributed by atoms with van der Waals surface area (Å²) in [7, 11) is 0. The Bertz CT molecular complexity index is 175. The van der Waals surface area contributed by atoms with Gasteiger partial charge in [-0.1, -0.05) is 0 Å². The predicted molar refractivity (Wildman–Crippen MR) is 29.1 cm³/mol. The van der Waals surface area contributed by atoms with E-state index in [-0.39, 0.29) is 5.82 Å². The molecule has 0 atom stereocenters. The zero-order valence-electron chi connectivity index (χ0n) is 3.97. The van der Waals surface area contributed by atoms with Crippen LogP contribution in [-0.4, -0.2) is 9.36 Å². The first kappa shape index (κ1) is 5.43. The van der Waals surface area contributed by atoms with Crippen molar-refractivity contribution in [3.05, 3.63) is 5.82 Å². The van der Waals surface area contributed by atoms with E-state index in [0.717, 1.165) is 11.5 Å². The van der Waals surface area contributed by atoms with Crippen LogP contribution < -0.4 is 5.73 Å². The van der Waals surface area contributed by atoms with Crippen molar-refractivity contribution in [3.63, 3.8) is 0 Å². The van der Waals surface area contributed by atoms with E-state index < -0.39 is 6.67 Å². The van der Waals surface area contributed by atoms with Gasteiger partial charge in [0.1, 0.15) is 0 Å². The highest BCUT2D eigenvalue weighted by atomic mass is 32.1. The molecule has 44 valence electrons. The van der Waals surface area contributed by atoms with Crippen molar-refractivity contribution in [3.8, 4) is 0 Å². The molecule has 0 saturated heterocycles. The number of anilines is 1. The standard InChI is InChI=1S/C3H4FN3S/c4-1-2-6-3(5)8-7-2/h1H2,(H2,5,6,7). The maximum absolute atomic E-state index is 11.6. The molecule has 0 aliphatic carbocycles. The van der Waals surface area contributed by atoms with Gasteiger partial charge in [-0.25, -0.2) is 9.37 Å². The smallest absolute Gasteiger partial charge is 0.200 e. The average Bonchev–Trinajstić information content (AvgIpc) is 2.14. The zero-order valence-corrected chi connectivity index (χ0v) is 4.78.